The molecule has 0 aliphatic heterocycles. The second-order valence-corrected chi connectivity index (χ2v) is 18.9. The van der Waals surface area contributed by atoms with Crippen LogP contribution in [0.5, 0.6) is 0 Å². The van der Waals surface area contributed by atoms with E-state index in [-0.39, 0.29) is 136 Å². The topological polar surface area (TPSA) is 230 Å². The first-order valence-electron chi connectivity index (χ1n) is 23.4. The molecule has 60 heavy (non-hydrogen) atoms. The van der Waals surface area contributed by atoms with Crippen LogP contribution < -0.4 is 17.2 Å². The number of carbonyl (C=O) groups excluding carboxylic acids is 5. The average molecular weight is 850 g/mol. The Balaban J connectivity index is 1.42. The first-order valence-corrected chi connectivity index (χ1v) is 23.4. The number of ether oxygens (including phenoxy) is 5. The van der Waals surface area contributed by atoms with Gasteiger partial charge in [0, 0.05) is 43.8 Å². The van der Waals surface area contributed by atoms with Crippen molar-refractivity contribution < 1.29 is 52.8 Å². The van der Waals surface area contributed by atoms with Crippen LogP contribution in [-0.4, -0.2) is 92.2 Å². The summed E-state index contributed by atoms with van der Waals surface area (Å²) in [6.45, 7) is 8.99. The number of fused-ring (bicyclic) bond motifs is 5. The number of carbonyl (C=O) groups is 5. The molecule has 14 heteroatoms. The maximum Gasteiger partial charge on any atom is 0.307 e. The van der Waals surface area contributed by atoms with Crippen LogP contribution >= 0.6 is 0 Å². The molecule has 0 aromatic carbocycles. The molecule has 0 aromatic rings. The molecular weight excluding hydrogens is 771 g/mol. The fraction of sp³-hybridized carbons (Fsp3) is 0.891. The van der Waals surface area contributed by atoms with Gasteiger partial charge < -0.3 is 46.0 Å². The van der Waals surface area contributed by atoms with Crippen molar-refractivity contribution in [2.45, 2.75) is 181 Å². The molecule has 4 fully saturated rings. The molecule has 12 atom stereocenters. The second kappa shape index (κ2) is 24.1. The summed E-state index contributed by atoms with van der Waals surface area (Å²) in [4.78, 5) is 64.1. The number of hydrogen-bond acceptors (Lipinski definition) is 14. The molecule has 7 N–H and O–H groups in total. The zero-order valence-electron chi connectivity index (χ0n) is 37.2. The largest absolute Gasteiger partial charge is 0.463 e. The van der Waals surface area contributed by atoms with E-state index in [9.17, 15) is 29.1 Å². The molecule has 0 spiro atoms. The number of aliphatic hydroxyl groups excluding tert-OH is 1. The third-order valence-electron chi connectivity index (χ3n) is 15.0. The lowest BCUT2D eigenvalue weighted by Gasteiger charge is -2.64. The molecule has 14 nitrogen and oxygen atoms in total. The molecule has 0 bridgehead atoms. The van der Waals surface area contributed by atoms with Crippen molar-refractivity contribution in [3.63, 3.8) is 0 Å². The number of rotatable bonds is 25. The highest BCUT2D eigenvalue weighted by atomic mass is 16.6. The van der Waals surface area contributed by atoms with Gasteiger partial charge in [-0.15, -0.1) is 0 Å². The maximum atomic E-state index is 13.3. The van der Waals surface area contributed by atoms with Gasteiger partial charge in [0.1, 0.15) is 37.6 Å². The second-order valence-electron chi connectivity index (χ2n) is 18.9. The lowest BCUT2D eigenvalue weighted by molar-refractivity contribution is -0.225. The molecule has 0 amide bonds. The van der Waals surface area contributed by atoms with E-state index in [1.807, 2.05) is 0 Å². The average Bonchev–Trinajstić information content (AvgIpc) is 3.57. The van der Waals surface area contributed by atoms with Crippen LogP contribution in [0.4, 0.5) is 0 Å². The summed E-state index contributed by atoms with van der Waals surface area (Å²) >= 11 is 0. The van der Waals surface area contributed by atoms with E-state index in [0.717, 1.165) is 44.9 Å². The van der Waals surface area contributed by atoms with Crippen LogP contribution in [0.15, 0.2) is 0 Å². The molecule has 0 heterocycles. The Morgan fingerprint density at radius 2 is 1.25 bits per heavy atom. The van der Waals surface area contributed by atoms with Crippen molar-refractivity contribution in [2.24, 2.45) is 63.5 Å². The van der Waals surface area contributed by atoms with Gasteiger partial charge in [0.25, 0.3) is 0 Å². The molecular formula is C46H79N3O11. The quantitative estimate of drug-likeness (QED) is 0.0495. The van der Waals surface area contributed by atoms with E-state index in [2.05, 4.69) is 27.7 Å². The zero-order valence-corrected chi connectivity index (χ0v) is 37.2. The molecule has 0 saturated heterocycles. The van der Waals surface area contributed by atoms with Gasteiger partial charge in [-0.3, -0.25) is 24.0 Å². The summed E-state index contributed by atoms with van der Waals surface area (Å²) in [5.74, 6) is -1.30. The van der Waals surface area contributed by atoms with Crippen LogP contribution in [0.25, 0.3) is 0 Å². The monoisotopic (exact) mass is 850 g/mol. The van der Waals surface area contributed by atoms with Gasteiger partial charge in [0.15, 0.2) is 0 Å². The SMILES string of the molecule is CCCCCCCCCC(=O)OC[C@@H](O)COC(=O)CC[C@@H](C)[C@H]1CC[C@H]2[C@@H]3[C@H](OC(=O)CCN)C[C@@H]4C[C@H](OC(=O)CCN)CC[C@]4(C)[C@H]3C[C@H](OC(=O)CCN)[C@]12C. The number of hydrogen-bond donors (Lipinski definition) is 4. The lowest BCUT2D eigenvalue weighted by atomic mass is 9.43. The highest BCUT2D eigenvalue weighted by Crippen LogP contribution is 2.69. The van der Waals surface area contributed by atoms with Crippen molar-refractivity contribution >= 4 is 29.8 Å². The minimum absolute atomic E-state index is 0.0204. The molecule has 0 unspecified atom stereocenters. The minimum atomic E-state index is -1.11. The van der Waals surface area contributed by atoms with Gasteiger partial charge in [-0.1, -0.05) is 66.2 Å². The van der Waals surface area contributed by atoms with Gasteiger partial charge in [-0.05, 0) is 92.8 Å². The normalized spacial score (nSPS) is 31.7. The molecule has 4 aliphatic carbocycles. The molecule has 0 aromatic heterocycles. The van der Waals surface area contributed by atoms with Crippen LogP contribution in [0.3, 0.4) is 0 Å². The third-order valence-corrected chi connectivity index (χ3v) is 15.0. The Morgan fingerprint density at radius 1 is 0.667 bits per heavy atom. The molecule has 4 rings (SSSR count). The standard InChI is InChI=1S/C46H79N3O11/c1-5-6-7-8-9-10-11-12-39(51)56-28-32(50)29-57-40(52)16-13-30(2)34-14-15-35-44-36(27-38(46(34,35)4)60-43(55)20-24-49)45(3)21-17-33(58-41(53)18-22-47)25-31(45)26-37(44)59-42(54)19-23-48/h30-38,44,50H,5-29,47-49H2,1-4H3/t30-,31+,32-,33-,34-,35+,36+,37-,38+,44+,45+,46-/m1/s1. The van der Waals surface area contributed by atoms with Gasteiger partial charge in [0.2, 0.25) is 0 Å². The molecule has 4 saturated carbocycles. The molecule has 344 valence electrons. The molecule has 0 radical (unpaired) electrons. The summed E-state index contributed by atoms with van der Waals surface area (Å²) in [5.41, 5.74) is 16.6. The van der Waals surface area contributed by atoms with E-state index < -0.39 is 23.6 Å². The van der Waals surface area contributed by atoms with Crippen LogP contribution in [-0.2, 0) is 47.7 Å². The summed E-state index contributed by atoms with van der Waals surface area (Å²) < 4.78 is 29.3. The first-order chi connectivity index (χ1) is 28.7. The minimum Gasteiger partial charge on any atom is -0.463 e. The number of aliphatic hydroxyl groups is 1. The smallest absolute Gasteiger partial charge is 0.307 e. The summed E-state index contributed by atoms with van der Waals surface area (Å²) in [6, 6.07) is 0. The van der Waals surface area contributed by atoms with E-state index in [0.29, 0.717) is 32.1 Å². The number of esters is 5. The fourth-order valence-corrected chi connectivity index (χ4v) is 11.9. The Bertz CT molecular complexity index is 1400. The predicted molar refractivity (Wildman–Crippen MR) is 226 cm³/mol. The summed E-state index contributed by atoms with van der Waals surface area (Å²) in [7, 11) is 0. The van der Waals surface area contributed by atoms with E-state index in [4.69, 9.17) is 40.9 Å². The van der Waals surface area contributed by atoms with Gasteiger partial charge >= 0.3 is 29.8 Å². The zero-order chi connectivity index (χ0) is 43.9. The summed E-state index contributed by atoms with van der Waals surface area (Å²) in [6.07, 6.45) is 12.1. The molecule has 4 aliphatic rings. The van der Waals surface area contributed by atoms with Crippen LogP contribution in [0.1, 0.15) is 156 Å². The Labute approximate surface area is 358 Å². The highest BCUT2D eigenvalue weighted by Gasteiger charge is 2.67. The predicted octanol–water partition coefficient (Wildman–Crippen LogP) is 5.65. The van der Waals surface area contributed by atoms with E-state index >= 15 is 0 Å². The van der Waals surface area contributed by atoms with E-state index in [1.54, 1.807) is 0 Å². The van der Waals surface area contributed by atoms with Crippen molar-refractivity contribution in [3.8, 4) is 0 Å². The fourth-order valence-electron chi connectivity index (χ4n) is 11.9. The van der Waals surface area contributed by atoms with Gasteiger partial charge in [-0.25, -0.2) is 0 Å². The Hall–Kier alpha value is -2.81. The van der Waals surface area contributed by atoms with Crippen molar-refractivity contribution in [1.82, 2.24) is 0 Å². The van der Waals surface area contributed by atoms with Crippen molar-refractivity contribution in [1.29, 1.82) is 0 Å². The Morgan fingerprint density at radius 3 is 1.88 bits per heavy atom. The van der Waals surface area contributed by atoms with Crippen molar-refractivity contribution in [2.75, 3.05) is 32.8 Å². The van der Waals surface area contributed by atoms with E-state index in [1.165, 1.54) is 25.7 Å². The van der Waals surface area contributed by atoms with Gasteiger partial charge in [-0.2, -0.15) is 0 Å². The number of unbranched alkanes of at least 4 members (excludes halogenated alkanes) is 6. The first kappa shape index (κ1) is 49.8. The van der Waals surface area contributed by atoms with Gasteiger partial charge in [0.05, 0.1) is 19.3 Å². The third kappa shape index (κ3) is 13.1. The Kier molecular flexibility index (Phi) is 20.1. The highest BCUT2D eigenvalue weighted by molar-refractivity contribution is 5.71. The van der Waals surface area contributed by atoms with Crippen molar-refractivity contribution in [3.05, 3.63) is 0 Å². The number of nitrogens with two attached hydrogens (primary N) is 3. The van der Waals surface area contributed by atoms with Crippen LogP contribution in [0, 0.1) is 46.3 Å². The lowest BCUT2D eigenvalue weighted by Crippen LogP contribution is -2.63. The van der Waals surface area contributed by atoms with Crippen LogP contribution in [0.2, 0.25) is 0 Å². The maximum absolute atomic E-state index is 13.3. The summed E-state index contributed by atoms with van der Waals surface area (Å²) in [5, 5.41) is 10.4.